The molecular formula is C8H16N2O4S. The van der Waals surface area contributed by atoms with Crippen LogP contribution in [-0.4, -0.2) is 45.4 Å². The predicted molar refractivity (Wildman–Crippen MR) is 57.2 cm³/mol. The van der Waals surface area contributed by atoms with E-state index in [2.05, 4.69) is 10.6 Å². The van der Waals surface area contributed by atoms with E-state index in [-0.39, 0.29) is 11.8 Å². The number of nitrogens with one attached hydrogen (secondary N) is 2. The molecule has 0 heterocycles. The minimum atomic E-state index is -1.10. The molecule has 0 aliphatic carbocycles. The van der Waals surface area contributed by atoms with Crippen LogP contribution in [0.2, 0.25) is 0 Å². The van der Waals surface area contributed by atoms with Crippen molar-refractivity contribution in [3.8, 4) is 0 Å². The number of carboxylic acid groups (broad SMARTS) is 1. The molecule has 15 heavy (non-hydrogen) atoms. The number of carbonyl (C=O) groups excluding carboxylic acids is 1. The van der Waals surface area contributed by atoms with Crippen molar-refractivity contribution in [3.05, 3.63) is 0 Å². The second-order valence-electron chi connectivity index (χ2n) is 3.22. The number of amides is 2. The molecule has 0 radical (unpaired) electrons. The van der Waals surface area contributed by atoms with Crippen molar-refractivity contribution in [2.75, 3.05) is 12.8 Å². The SMILES string of the molecule is CC(CNC(=O)N[C@H](C)C(=O)O)S(C)=O. The van der Waals surface area contributed by atoms with Gasteiger partial charge in [0.05, 0.1) is 0 Å². The number of hydrogen-bond acceptors (Lipinski definition) is 3. The van der Waals surface area contributed by atoms with Gasteiger partial charge in [-0.15, -0.1) is 0 Å². The Hall–Kier alpha value is -1.11. The maximum absolute atomic E-state index is 11.1. The molecule has 2 amide bonds. The fourth-order valence-corrected chi connectivity index (χ4v) is 0.981. The van der Waals surface area contributed by atoms with Gasteiger partial charge in [-0.3, -0.25) is 9.00 Å². The van der Waals surface area contributed by atoms with E-state index in [0.717, 1.165) is 0 Å². The molecule has 0 aromatic carbocycles. The molecular weight excluding hydrogens is 220 g/mol. The molecule has 0 saturated carbocycles. The smallest absolute Gasteiger partial charge is 0.325 e. The van der Waals surface area contributed by atoms with Crippen LogP contribution in [-0.2, 0) is 15.6 Å². The lowest BCUT2D eigenvalue weighted by molar-refractivity contribution is -0.138. The van der Waals surface area contributed by atoms with Crippen molar-refractivity contribution < 1.29 is 18.9 Å². The molecule has 3 atom stereocenters. The Kier molecular flexibility index (Phi) is 5.92. The lowest BCUT2D eigenvalue weighted by Gasteiger charge is -2.12. The molecule has 7 heteroatoms. The molecule has 0 aromatic heterocycles. The van der Waals surface area contributed by atoms with Crippen molar-refractivity contribution in [2.45, 2.75) is 25.1 Å². The van der Waals surface area contributed by atoms with Crippen LogP contribution in [0.1, 0.15) is 13.8 Å². The van der Waals surface area contributed by atoms with E-state index in [1.807, 2.05) is 0 Å². The minimum absolute atomic E-state index is 0.157. The Labute approximate surface area is 90.9 Å². The van der Waals surface area contributed by atoms with E-state index in [0.29, 0.717) is 0 Å². The van der Waals surface area contributed by atoms with E-state index in [4.69, 9.17) is 5.11 Å². The van der Waals surface area contributed by atoms with Crippen LogP contribution in [0, 0.1) is 0 Å². The predicted octanol–water partition coefficient (Wildman–Crippen LogP) is -0.474. The molecule has 0 spiro atoms. The largest absolute Gasteiger partial charge is 0.480 e. The van der Waals surface area contributed by atoms with Crippen LogP contribution in [0.3, 0.4) is 0 Å². The average molecular weight is 236 g/mol. The first-order valence-corrected chi connectivity index (χ1v) is 6.06. The van der Waals surface area contributed by atoms with E-state index in [1.54, 1.807) is 13.2 Å². The van der Waals surface area contributed by atoms with Crippen molar-refractivity contribution >= 4 is 22.8 Å². The molecule has 0 saturated heterocycles. The zero-order valence-corrected chi connectivity index (χ0v) is 9.76. The van der Waals surface area contributed by atoms with Gasteiger partial charge in [-0.05, 0) is 13.8 Å². The van der Waals surface area contributed by atoms with Gasteiger partial charge in [0.25, 0.3) is 0 Å². The minimum Gasteiger partial charge on any atom is -0.480 e. The summed E-state index contributed by atoms with van der Waals surface area (Å²) in [5.74, 6) is -1.10. The summed E-state index contributed by atoms with van der Waals surface area (Å²) in [6.45, 7) is 3.35. The van der Waals surface area contributed by atoms with Crippen LogP contribution >= 0.6 is 0 Å². The third-order valence-corrected chi connectivity index (χ3v) is 3.13. The van der Waals surface area contributed by atoms with E-state index in [9.17, 15) is 13.8 Å². The zero-order valence-electron chi connectivity index (χ0n) is 8.94. The summed E-state index contributed by atoms with van der Waals surface area (Å²) >= 11 is 0. The fourth-order valence-electron chi connectivity index (χ4n) is 0.663. The number of hydrogen-bond donors (Lipinski definition) is 3. The highest BCUT2D eigenvalue weighted by Gasteiger charge is 2.14. The number of carbonyl (C=O) groups is 2. The van der Waals surface area contributed by atoms with Gasteiger partial charge in [0.2, 0.25) is 0 Å². The van der Waals surface area contributed by atoms with Crippen molar-refractivity contribution in [2.24, 2.45) is 0 Å². The lowest BCUT2D eigenvalue weighted by Crippen LogP contribution is -2.46. The summed E-state index contributed by atoms with van der Waals surface area (Å²) in [6, 6.07) is -1.50. The Morgan fingerprint density at radius 3 is 2.33 bits per heavy atom. The zero-order chi connectivity index (χ0) is 12.0. The molecule has 0 rings (SSSR count). The summed E-state index contributed by atoms with van der Waals surface area (Å²) in [6.07, 6.45) is 1.55. The molecule has 2 unspecified atom stereocenters. The van der Waals surface area contributed by atoms with Gasteiger partial charge in [-0.25, -0.2) is 4.79 Å². The van der Waals surface area contributed by atoms with E-state index >= 15 is 0 Å². The molecule has 6 nitrogen and oxygen atoms in total. The molecule has 88 valence electrons. The van der Waals surface area contributed by atoms with Gasteiger partial charge in [-0.2, -0.15) is 0 Å². The first-order valence-electron chi connectivity index (χ1n) is 4.44. The first-order chi connectivity index (χ1) is 6.84. The van der Waals surface area contributed by atoms with Gasteiger partial charge in [0.1, 0.15) is 6.04 Å². The van der Waals surface area contributed by atoms with Crippen molar-refractivity contribution in [1.29, 1.82) is 0 Å². The van der Waals surface area contributed by atoms with Crippen LogP contribution in [0.4, 0.5) is 4.79 Å². The van der Waals surface area contributed by atoms with Gasteiger partial charge in [-0.1, -0.05) is 0 Å². The third-order valence-electron chi connectivity index (χ3n) is 1.83. The highest BCUT2D eigenvalue weighted by molar-refractivity contribution is 7.84. The van der Waals surface area contributed by atoms with E-state index < -0.39 is 28.8 Å². The van der Waals surface area contributed by atoms with Crippen molar-refractivity contribution in [1.82, 2.24) is 10.6 Å². The molecule has 0 aromatic rings. The van der Waals surface area contributed by atoms with Crippen LogP contribution < -0.4 is 10.6 Å². The highest BCUT2D eigenvalue weighted by Crippen LogP contribution is 1.89. The first kappa shape index (κ1) is 13.9. The molecule has 3 N–H and O–H groups in total. The number of rotatable bonds is 5. The Morgan fingerprint density at radius 2 is 1.93 bits per heavy atom. The Balaban J connectivity index is 3.85. The normalized spacial score (nSPS) is 16.2. The standard InChI is InChI=1S/C8H16N2O4S/c1-5(15(3)14)4-9-8(13)10-6(2)7(11)12/h5-6H,4H2,1-3H3,(H,11,12)(H2,9,10,13)/t5?,6-,15?/m1/s1. The third kappa shape index (κ3) is 6.05. The number of aliphatic carboxylic acids is 1. The summed E-state index contributed by atoms with van der Waals surface area (Å²) in [5.41, 5.74) is 0. The number of carboxylic acids is 1. The summed E-state index contributed by atoms with van der Waals surface area (Å²) in [4.78, 5) is 21.5. The van der Waals surface area contributed by atoms with Gasteiger partial charge < -0.3 is 15.7 Å². The molecule has 0 fully saturated rings. The average Bonchev–Trinajstić information content (AvgIpc) is 2.13. The molecule has 0 bridgehead atoms. The second kappa shape index (κ2) is 6.39. The van der Waals surface area contributed by atoms with Gasteiger partial charge in [0.15, 0.2) is 0 Å². The summed E-state index contributed by atoms with van der Waals surface area (Å²) in [5, 5.41) is 13.0. The van der Waals surface area contributed by atoms with Crippen LogP contribution in [0.15, 0.2) is 0 Å². The van der Waals surface area contributed by atoms with Gasteiger partial charge in [0, 0.05) is 28.9 Å². The lowest BCUT2D eigenvalue weighted by atomic mass is 10.3. The van der Waals surface area contributed by atoms with Crippen LogP contribution in [0.5, 0.6) is 0 Å². The molecule has 0 aliphatic heterocycles. The second-order valence-corrected chi connectivity index (χ2v) is 5.03. The topological polar surface area (TPSA) is 95.5 Å². The van der Waals surface area contributed by atoms with E-state index in [1.165, 1.54) is 6.92 Å². The Morgan fingerprint density at radius 1 is 1.40 bits per heavy atom. The fraction of sp³-hybridized carbons (Fsp3) is 0.750. The maximum Gasteiger partial charge on any atom is 0.325 e. The van der Waals surface area contributed by atoms with Crippen LogP contribution in [0.25, 0.3) is 0 Å². The molecule has 0 aliphatic rings. The number of urea groups is 1. The summed E-state index contributed by atoms with van der Waals surface area (Å²) in [7, 11) is -1.01. The van der Waals surface area contributed by atoms with Gasteiger partial charge >= 0.3 is 12.0 Å². The Bertz CT molecular complexity index is 269. The quantitative estimate of drug-likeness (QED) is 0.601. The summed E-state index contributed by atoms with van der Waals surface area (Å²) < 4.78 is 10.9. The monoisotopic (exact) mass is 236 g/mol. The maximum atomic E-state index is 11.1. The van der Waals surface area contributed by atoms with Crippen molar-refractivity contribution in [3.63, 3.8) is 0 Å². The highest BCUT2D eigenvalue weighted by atomic mass is 32.2.